The summed E-state index contributed by atoms with van der Waals surface area (Å²) in [5.41, 5.74) is 5.62. The minimum absolute atomic E-state index is 0.0303. The number of aromatic nitrogens is 2. The van der Waals surface area contributed by atoms with E-state index in [2.05, 4.69) is 4.98 Å². The van der Waals surface area contributed by atoms with Crippen LogP contribution in [0.2, 0.25) is 0 Å². The highest BCUT2D eigenvalue weighted by Crippen LogP contribution is 2.24. The zero-order valence-corrected chi connectivity index (χ0v) is 12.3. The molecule has 2 aromatic heterocycles. The number of carbonyl (C=O) groups excluding carboxylic acids is 2. The van der Waals surface area contributed by atoms with Crippen molar-refractivity contribution in [3.63, 3.8) is 0 Å². The minimum Gasteiger partial charge on any atom is -0.366 e. The standard InChI is InChI=1S/C14H16N4O2S/c15-13(19)10-6-12(21-8-10)14(20)17-4-1-2-11(7-17)18-5-3-16-9-18/h3,5-6,8-9,11H,1-2,4,7H2,(H2,15,19)/t11-/m0/s1. The van der Waals surface area contributed by atoms with Gasteiger partial charge in [0.15, 0.2) is 0 Å². The lowest BCUT2D eigenvalue weighted by molar-refractivity contribution is 0.0684. The van der Waals surface area contributed by atoms with Crippen LogP contribution in [0.25, 0.3) is 0 Å². The van der Waals surface area contributed by atoms with Crippen LogP contribution in [0, 0.1) is 0 Å². The topological polar surface area (TPSA) is 81.2 Å². The number of hydrogen-bond acceptors (Lipinski definition) is 4. The molecule has 0 aromatic carbocycles. The third-order valence-electron chi connectivity index (χ3n) is 3.72. The zero-order valence-electron chi connectivity index (χ0n) is 11.4. The number of nitrogens with two attached hydrogens (primary N) is 1. The molecule has 0 radical (unpaired) electrons. The maximum absolute atomic E-state index is 12.5. The summed E-state index contributed by atoms with van der Waals surface area (Å²) in [6, 6.07) is 1.84. The van der Waals surface area contributed by atoms with E-state index < -0.39 is 5.91 Å². The predicted octanol–water partition coefficient (Wildman–Crippen LogP) is 1.52. The molecule has 2 aromatic rings. The average molecular weight is 304 g/mol. The molecule has 2 amide bonds. The molecule has 2 N–H and O–H groups in total. The van der Waals surface area contributed by atoms with Gasteiger partial charge in [-0.05, 0) is 18.9 Å². The van der Waals surface area contributed by atoms with Gasteiger partial charge in [-0.25, -0.2) is 4.98 Å². The van der Waals surface area contributed by atoms with Gasteiger partial charge >= 0.3 is 0 Å². The molecule has 0 saturated carbocycles. The lowest BCUT2D eigenvalue weighted by atomic mass is 10.1. The number of carbonyl (C=O) groups is 2. The summed E-state index contributed by atoms with van der Waals surface area (Å²) in [4.78, 5) is 30.1. The Balaban J connectivity index is 1.73. The van der Waals surface area contributed by atoms with Gasteiger partial charge in [-0.1, -0.05) is 0 Å². The number of thiophene rings is 1. The Hall–Kier alpha value is -2.15. The molecule has 1 atom stereocenters. The van der Waals surface area contributed by atoms with Gasteiger partial charge in [-0.3, -0.25) is 9.59 Å². The monoisotopic (exact) mass is 304 g/mol. The summed E-state index contributed by atoms with van der Waals surface area (Å²) in [5.74, 6) is -0.530. The smallest absolute Gasteiger partial charge is 0.264 e. The maximum atomic E-state index is 12.5. The fourth-order valence-corrected chi connectivity index (χ4v) is 3.46. The predicted molar refractivity (Wildman–Crippen MR) is 79.2 cm³/mol. The molecule has 110 valence electrons. The van der Waals surface area contributed by atoms with E-state index in [4.69, 9.17) is 5.73 Å². The van der Waals surface area contributed by atoms with Crippen LogP contribution in [0.3, 0.4) is 0 Å². The second-order valence-electron chi connectivity index (χ2n) is 5.12. The van der Waals surface area contributed by atoms with Gasteiger partial charge in [-0.2, -0.15) is 0 Å². The van der Waals surface area contributed by atoms with Crippen LogP contribution in [0.15, 0.2) is 30.2 Å². The largest absolute Gasteiger partial charge is 0.366 e. The van der Waals surface area contributed by atoms with Gasteiger partial charge < -0.3 is 15.2 Å². The van der Waals surface area contributed by atoms with E-state index in [0.717, 1.165) is 19.4 Å². The van der Waals surface area contributed by atoms with E-state index in [1.165, 1.54) is 11.3 Å². The Morgan fingerprint density at radius 3 is 2.95 bits per heavy atom. The summed E-state index contributed by atoms with van der Waals surface area (Å²) >= 11 is 1.27. The Bertz CT molecular complexity index is 650. The van der Waals surface area contributed by atoms with E-state index in [9.17, 15) is 9.59 Å². The maximum Gasteiger partial charge on any atom is 0.264 e. The molecule has 1 fully saturated rings. The fourth-order valence-electron chi connectivity index (χ4n) is 2.60. The van der Waals surface area contributed by atoms with Crippen LogP contribution in [-0.4, -0.2) is 39.4 Å². The van der Waals surface area contributed by atoms with Gasteiger partial charge in [0, 0.05) is 30.9 Å². The molecule has 1 aliphatic heterocycles. The lowest BCUT2D eigenvalue weighted by Crippen LogP contribution is -2.40. The molecule has 0 unspecified atom stereocenters. The first kappa shape index (κ1) is 13.8. The fraction of sp³-hybridized carbons (Fsp3) is 0.357. The van der Waals surface area contributed by atoms with Gasteiger partial charge in [0.2, 0.25) is 5.91 Å². The van der Waals surface area contributed by atoms with Crippen molar-refractivity contribution in [2.24, 2.45) is 5.73 Å². The number of nitrogens with zero attached hydrogens (tertiary/aromatic N) is 3. The Morgan fingerprint density at radius 2 is 2.29 bits per heavy atom. The number of piperidine rings is 1. The van der Waals surface area contributed by atoms with Crippen LogP contribution in [0.1, 0.15) is 38.9 Å². The van der Waals surface area contributed by atoms with Crippen molar-refractivity contribution in [1.29, 1.82) is 0 Å². The highest BCUT2D eigenvalue weighted by Gasteiger charge is 2.26. The van der Waals surface area contributed by atoms with Crippen LogP contribution in [0.5, 0.6) is 0 Å². The first-order valence-corrected chi connectivity index (χ1v) is 7.68. The summed E-state index contributed by atoms with van der Waals surface area (Å²) in [6.45, 7) is 1.41. The Labute approximate surface area is 126 Å². The van der Waals surface area contributed by atoms with Crippen molar-refractivity contribution in [3.8, 4) is 0 Å². The van der Waals surface area contributed by atoms with Crippen molar-refractivity contribution in [2.45, 2.75) is 18.9 Å². The molecule has 3 rings (SSSR count). The van der Waals surface area contributed by atoms with Gasteiger partial charge in [0.1, 0.15) is 0 Å². The Morgan fingerprint density at radius 1 is 1.43 bits per heavy atom. The summed E-state index contributed by atoms with van der Waals surface area (Å²) < 4.78 is 2.04. The van der Waals surface area contributed by atoms with Crippen molar-refractivity contribution in [1.82, 2.24) is 14.5 Å². The molecule has 0 aliphatic carbocycles. The number of amides is 2. The second-order valence-corrected chi connectivity index (χ2v) is 6.03. The molecule has 6 nitrogen and oxygen atoms in total. The van der Waals surface area contributed by atoms with E-state index in [1.807, 2.05) is 15.7 Å². The van der Waals surface area contributed by atoms with Gasteiger partial charge in [-0.15, -0.1) is 11.3 Å². The van der Waals surface area contributed by atoms with Gasteiger partial charge in [0.25, 0.3) is 5.91 Å². The molecule has 1 saturated heterocycles. The molecule has 3 heterocycles. The number of primary amides is 1. The molecular weight excluding hydrogens is 288 g/mol. The third-order valence-corrected chi connectivity index (χ3v) is 4.64. The summed E-state index contributed by atoms with van der Waals surface area (Å²) in [6.07, 6.45) is 7.46. The lowest BCUT2D eigenvalue weighted by Gasteiger charge is -2.33. The number of imidazole rings is 1. The van der Waals surface area contributed by atoms with Crippen molar-refractivity contribution in [2.75, 3.05) is 13.1 Å². The van der Waals surface area contributed by atoms with Crippen molar-refractivity contribution >= 4 is 23.2 Å². The molecule has 7 heteroatoms. The molecule has 0 bridgehead atoms. The highest BCUT2D eigenvalue weighted by atomic mass is 32.1. The SMILES string of the molecule is NC(=O)c1csc(C(=O)N2CCC[C@H](n3ccnc3)C2)c1. The second kappa shape index (κ2) is 5.69. The van der Waals surface area contributed by atoms with Gasteiger partial charge in [0.05, 0.1) is 22.8 Å². The summed E-state index contributed by atoms with van der Waals surface area (Å²) in [5, 5.41) is 1.63. The first-order valence-electron chi connectivity index (χ1n) is 6.80. The molecule has 1 aliphatic rings. The average Bonchev–Trinajstić information content (AvgIpc) is 3.18. The van der Waals surface area contributed by atoms with Crippen LogP contribution < -0.4 is 5.73 Å². The first-order chi connectivity index (χ1) is 10.1. The number of rotatable bonds is 3. The van der Waals surface area contributed by atoms with Crippen molar-refractivity contribution < 1.29 is 9.59 Å². The Kier molecular flexibility index (Phi) is 3.74. The van der Waals surface area contributed by atoms with E-state index in [1.54, 1.807) is 24.0 Å². The number of likely N-dealkylation sites (tertiary alicyclic amines) is 1. The van der Waals surface area contributed by atoms with Crippen LogP contribution in [0.4, 0.5) is 0 Å². The number of hydrogen-bond donors (Lipinski definition) is 1. The van der Waals surface area contributed by atoms with E-state index in [0.29, 0.717) is 17.0 Å². The van der Waals surface area contributed by atoms with Crippen LogP contribution >= 0.6 is 11.3 Å². The zero-order chi connectivity index (χ0) is 14.8. The molecule has 0 spiro atoms. The molecule has 21 heavy (non-hydrogen) atoms. The minimum atomic E-state index is -0.500. The highest BCUT2D eigenvalue weighted by molar-refractivity contribution is 7.12. The summed E-state index contributed by atoms with van der Waals surface area (Å²) in [7, 11) is 0. The third kappa shape index (κ3) is 2.82. The quantitative estimate of drug-likeness (QED) is 0.933. The van der Waals surface area contributed by atoms with E-state index >= 15 is 0 Å². The van der Waals surface area contributed by atoms with Crippen LogP contribution in [-0.2, 0) is 0 Å². The molecular formula is C14H16N4O2S. The van der Waals surface area contributed by atoms with Crippen molar-refractivity contribution in [3.05, 3.63) is 40.6 Å². The van der Waals surface area contributed by atoms with E-state index in [-0.39, 0.29) is 11.9 Å². The normalized spacial score (nSPS) is 18.7.